The highest BCUT2D eigenvalue weighted by Gasteiger charge is 2.41. The van der Waals surface area contributed by atoms with Crippen LogP contribution < -0.4 is 5.32 Å². The summed E-state index contributed by atoms with van der Waals surface area (Å²) in [4.78, 5) is 11.3. The van der Waals surface area contributed by atoms with Gasteiger partial charge < -0.3 is 10.4 Å². The summed E-state index contributed by atoms with van der Waals surface area (Å²) >= 11 is 0. The van der Waals surface area contributed by atoms with Crippen molar-refractivity contribution in [2.24, 2.45) is 5.41 Å². The number of nitrogens with one attached hydrogen (secondary N) is 1. The SMILES string of the molecule is Cc1ccc2c(c1)C(C(C)(C)C(=O)O)CN2. The van der Waals surface area contributed by atoms with E-state index < -0.39 is 11.4 Å². The van der Waals surface area contributed by atoms with Crippen LogP contribution in [0.4, 0.5) is 5.69 Å². The van der Waals surface area contributed by atoms with Crippen LogP contribution in [0.1, 0.15) is 30.9 Å². The molecule has 0 radical (unpaired) electrons. The number of fused-ring (bicyclic) bond motifs is 1. The summed E-state index contributed by atoms with van der Waals surface area (Å²) in [6, 6.07) is 6.16. The molecule has 1 aromatic carbocycles. The maximum atomic E-state index is 11.3. The third-order valence-corrected chi connectivity index (χ3v) is 3.50. The Labute approximate surface area is 95.5 Å². The van der Waals surface area contributed by atoms with Gasteiger partial charge in [0.05, 0.1) is 5.41 Å². The molecular weight excluding hydrogens is 202 g/mol. The van der Waals surface area contributed by atoms with Crippen LogP contribution in [0.3, 0.4) is 0 Å². The molecule has 3 nitrogen and oxygen atoms in total. The first-order valence-corrected chi connectivity index (χ1v) is 5.50. The Bertz CT molecular complexity index is 438. The molecule has 2 N–H and O–H groups in total. The van der Waals surface area contributed by atoms with Crippen molar-refractivity contribution in [1.82, 2.24) is 0 Å². The minimum absolute atomic E-state index is 0.0416. The van der Waals surface area contributed by atoms with Crippen molar-refractivity contribution in [1.29, 1.82) is 0 Å². The molecule has 0 saturated heterocycles. The Morgan fingerprint density at radius 1 is 1.50 bits per heavy atom. The normalized spacial score (nSPS) is 19.1. The van der Waals surface area contributed by atoms with Gasteiger partial charge in [-0.15, -0.1) is 0 Å². The average molecular weight is 219 g/mol. The van der Waals surface area contributed by atoms with Crippen molar-refractivity contribution >= 4 is 11.7 Å². The van der Waals surface area contributed by atoms with Crippen molar-refractivity contribution in [3.63, 3.8) is 0 Å². The van der Waals surface area contributed by atoms with Gasteiger partial charge in [-0.1, -0.05) is 17.7 Å². The van der Waals surface area contributed by atoms with Gasteiger partial charge in [-0.2, -0.15) is 0 Å². The summed E-state index contributed by atoms with van der Waals surface area (Å²) in [6.07, 6.45) is 0. The molecule has 0 fully saturated rings. The summed E-state index contributed by atoms with van der Waals surface area (Å²) < 4.78 is 0. The molecule has 1 unspecified atom stereocenters. The monoisotopic (exact) mass is 219 g/mol. The second-order valence-corrected chi connectivity index (χ2v) is 5.05. The molecule has 0 spiro atoms. The highest BCUT2D eigenvalue weighted by atomic mass is 16.4. The number of hydrogen-bond donors (Lipinski definition) is 2. The van der Waals surface area contributed by atoms with Gasteiger partial charge >= 0.3 is 5.97 Å². The van der Waals surface area contributed by atoms with E-state index in [0.29, 0.717) is 6.54 Å². The molecule has 1 atom stereocenters. The molecule has 0 bridgehead atoms. The first-order chi connectivity index (χ1) is 7.43. The molecule has 1 aliphatic heterocycles. The minimum atomic E-state index is -0.742. The number of carbonyl (C=O) groups is 1. The summed E-state index contributed by atoms with van der Waals surface area (Å²) in [6.45, 7) is 6.32. The van der Waals surface area contributed by atoms with Crippen LogP contribution in [0.2, 0.25) is 0 Å². The largest absolute Gasteiger partial charge is 0.481 e. The van der Waals surface area contributed by atoms with Gasteiger partial charge in [0.1, 0.15) is 0 Å². The Morgan fingerprint density at radius 3 is 2.81 bits per heavy atom. The Balaban J connectivity index is 2.43. The average Bonchev–Trinajstić information content (AvgIpc) is 2.60. The molecule has 0 aromatic heterocycles. The smallest absolute Gasteiger partial charge is 0.309 e. The van der Waals surface area contributed by atoms with E-state index in [-0.39, 0.29) is 5.92 Å². The summed E-state index contributed by atoms with van der Waals surface area (Å²) in [7, 11) is 0. The lowest BCUT2D eigenvalue weighted by atomic mass is 9.76. The maximum absolute atomic E-state index is 11.3. The number of carboxylic acids is 1. The third-order valence-electron chi connectivity index (χ3n) is 3.50. The first kappa shape index (κ1) is 11.0. The molecular formula is C13H17NO2. The fourth-order valence-corrected chi connectivity index (χ4v) is 2.25. The number of carboxylic acid groups (broad SMARTS) is 1. The van der Waals surface area contributed by atoms with E-state index in [2.05, 4.69) is 11.4 Å². The van der Waals surface area contributed by atoms with E-state index >= 15 is 0 Å². The number of aryl methyl sites for hydroxylation is 1. The number of benzene rings is 1. The summed E-state index contributed by atoms with van der Waals surface area (Å²) in [5.74, 6) is -0.700. The minimum Gasteiger partial charge on any atom is -0.481 e. The highest BCUT2D eigenvalue weighted by Crippen LogP contribution is 2.43. The molecule has 1 heterocycles. The van der Waals surface area contributed by atoms with Crippen LogP contribution in [-0.2, 0) is 4.79 Å². The summed E-state index contributed by atoms with van der Waals surface area (Å²) in [5.41, 5.74) is 2.65. The zero-order chi connectivity index (χ0) is 11.9. The predicted octanol–water partition coefficient (Wildman–Crippen LogP) is 2.61. The van der Waals surface area contributed by atoms with E-state index in [1.165, 1.54) is 5.56 Å². The van der Waals surface area contributed by atoms with Crippen LogP contribution in [-0.4, -0.2) is 17.6 Å². The van der Waals surface area contributed by atoms with Crippen molar-refractivity contribution in [3.05, 3.63) is 29.3 Å². The Hall–Kier alpha value is -1.51. The number of aliphatic carboxylic acids is 1. The Kier molecular flexibility index (Phi) is 2.41. The van der Waals surface area contributed by atoms with Crippen molar-refractivity contribution < 1.29 is 9.90 Å². The van der Waals surface area contributed by atoms with Crippen LogP contribution >= 0.6 is 0 Å². The standard InChI is InChI=1S/C13H17NO2/c1-8-4-5-11-9(6-8)10(7-14-11)13(2,3)12(15)16/h4-6,10,14H,7H2,1-3H3,(H,15,16). The molecule has 0 amide bonds. The maximum Gasteiger partial charge on any atom is 0.309 e. The zero-order valence-corrected chi connectivity index (χ0v) is 9.87. The molecule has 0 saturated carbocycles. The number of hydrogen-bond acceptors (Lipinski definition) is 2. The number of rotatable bonds is 2. The van der Waals surface area contributed by atoms with Gasteiger partial charge in [-0.3, -0.25) is 4.79 Å². The lowest BCUT2D eigenvalue weighted by Gasteiger charge is -2.26. The van der Waals surface area contributed by atoms with E-state index in [1.807, 2.05) is 19.1 Å². The van der Waals surface area contributed by atoms with E-state index in [1.54, 1.807) is 13.8 Å². The second kappa shape index (κ2) is 3.51. The molecule has 16 heavy (non-hydrogen) atoms. The Morgan fingerprint density at radius 2 is 2.19 bits per heavy atom. The van der Waals surface area contributed by atoms with Gasteiger partial charge in [0, 0.05) is 18.2 Å². The quantitative estimate of drug-likeness (QED) is 0.803. The molecule has 86 valence electrons. The van der Waals surface area contributed by atoms with Gasteiger partial charge in [0.15, 0.2) is 0 Å². The fraction of sp³-hybridized carbons (Fsp3) is 0.462. The zero-order valence-electron chi connectivity index (χ0n) is 9.87. The predicted molar refractivity (Wildman–Crippen MR) is 63.8 cm³/mol. The molecule has 1 aromatic rings. The van der Waals surface area contributed by atoms with Gasteiger partial charge in [-0.25, -0.2) is 0 Å². The van der Waals surface area contributed by atoms with E-state index in [9.17, 15) is 9.90 Å². The first-order valence-electron chi connectivity index (χ1n) is 5.50. The lowest BCUT2D eigenvalue weighted by molar-refractivity contribution is -0.148. The van der Waals surface area contributed by atoms with Gasteiger partial charge in [-0.05, 0) is 32.4 Å². The highest BCUT2D eigenvalue weighted by molar-refractivity contribution is 5.77. The van der Waals surface area contributed by atoms with Crippen LogP contribution in [0, 0.1) is 12.3 Å². The van der Waals surface area contributed by atoms with E-state index in [4.69, 9.17) is 0 Å². The summed E-state index contributed by atoms with van der Waals surface area (Å²) in [5, 5.41) is 12.5. The second-order valence-electron chi connectivity index (χ2n) is 5.05. The van der Waals surface area contributed by atoms with Crippen LogP contribution in [0.25, 0.3) is 0 Å². The van der Waals surface area contributed by atoms with Gasteiger partial charge in [0.25, 0.3) is 0 Å². The fourth-order valence-electron chi connectivity index (χ4n) is 2.25. The molecule has 3 heteroatoms. The van der Waals surface area contributed by atoms with E-state index in [0.717, 1.165) is 11.3 Å². The van der Waals surface area contributed by atoms with Crippen LogP contribution in [0.15, 0.2) is 18.2 Å². The molecule has 2 rings (SSSR count). The van der Waals surface area contributed by atoms with Crippen LogP contribution in [0.5, 0.6) is 0 Å². The number of anilines is 1. The molecule has 0 aliphatic carbocycles. The third kappa shape index (κ3) is 1.56. The van der Waals surface area contributed by atoms with Crippen molar-refractivity contribution in [2.75, 3.05) is 11.9 Å². The molecule has 1 aliphatic rings. The van der Waals surface area contributed by atoms with Crippen molar-refractivity contribution in [2.45, 2.75) is 26.7 Å². The lowest BCUT2D eigenvalue weighted by Crippen LogP contribution is -2.32. The topological polar surface area (TPSA) is 49.3 Å². The van der Waals surface area contributed by atoms with Gasteiger partial charge in [0.2, 0.25) is 0 Å². The van der Waals surface area contributed by atoms with Crippen molar-refractivity contribution in [3.8, 4) is 0 Å².